The zero-order valence-electron chi connectivity index (χ0n) is 8.26. The molecule has 0 aromatic carbocycles. The molecule has 1 rings (SSSR count). The Morgan fingerprint density at radius 1 is 1.41 bits per heavy atom. The molecule has 2 N–H and O–H groups in total. The van der Waals surface area contributed by atoms with Gasteiger partial charge in [-0.15, -0.1) is 0 Å². The molecule has 0 spiro atoms. The van der Waals surface area contributed by atoms with Crippen molar-refractivity contribution in [2.75, 3.05) is 0 Å². The molecule has 0 bridgehead atoms. The first-order valence-electron chi connectivity index (χ1n) is 4.35. The summed E-state index contributed by atoms with van der Waals surface area (Å²) in [5.41, 5.74) is 1.53. The van der Waals surface area contributed by atoms with E-state index in [-0.39, 0.29) is 11.8 Å². The molecular weight excluding hydrogens is 247 g/mol. The van der Waals surface area contributed by atoms with Crippen molar-refractivity contribution in [3.63, 3.8) is 0 Å². The average molecular weight is 254 g/mol. The van der Waals surface area contributed by atoms with Crippen LogP contribution < -0.4 is 5.73 Å². The number of nitrogens with zero attached hydrogens (tertiary/aromatic N) is 1. The monoisotopic (exact) mass is 254 g/mol. The van der Waals surface area contributed by atoms with Crippen molar-refractivity contribution in [2.45, 2.75) is 19.1 Å². The first kappa shape index (κ1) is 13.5. The van der Waals surface area contributed by atoms with Gasteiger partial charge < -0.3 is 5.73 Å². The van der Waals surface area contributed by atoms with Gasteiger partial charge in [-0.1, -0.05) is 0 Å². The summed E-state index contributed by atoms with van der Waals surface area (Å²) in [4.78, 5) is 13.3. The van der Waals surface area contributed by atoms with Gasteiger partial charge in [0.1, 0.15) is 11.4 Å². The minimum atomic E-state index is -4.87. The maximum atomic E-state index is 12.5. The first-order chi connectivity index (χ1) is 7.81. The van der Waals surface area contributed by atoms with Gasteiger partial charge in [-0.25, -0.2) is 13.8 Å². The molecule has 0 saturated heterocycles. The summed E-state index contributed by atoms with van der Waals surface area (Å²) in [6.07, 6.45) is -8.12. The van der Waals surface area contributed by atoms with E-state index >= 15 is 0 Å². The number of hydrogen-bond donors (Lipinski definition) is 1. The second-order valence-corrected chi connectivity index (χ2v) is 3.09. The van der Waals surface area contributed by atoms with Crippen LogP contribution in [0, 0.1) is 0 Å². The molecule has 3 nitrogen and oxygen atoms in total. The van der Waals surface area contributed by atoms with Gasteiger partial charge in [0.2, 0.25) is 0 Å². The van der Waals surface area contributed by atoms with Crippen molar-refractivity contribution < 1.29 is 26.7 Å². The molecule has 0 saturated carbocycles. The Balaban J connectivity index is 3.51. The SMILES string of the molecule is NCc1cc(C(F)(F)F)nc(C(F)F)c1C=O. The number of carbonyl (C=O) groups excluding carboxylic acids is 1. The van der Waals surface area contributed by atoms with E-state index in [0.29, 0.717) is 6.07 Å². The summed E-state index contributed by atoms with van der Waals surface area (Å²) in [5.74, 6) is 0. The largest absolute Gasteiger partial charge is 0.433 e. The Labute approximate surface area is 92.4 Å². The van der Waals surface area contributed by atoms with Crippen molar-refractivity contribution in [3.05, 3.63) is 28.6 Å². The van der Waals surface area contributed by atoms with Gasteiger partial charge >= 0.3 is 6.18 Å². The molecular formula is C9H7F5N2O. The number of nitrogens with two attached hydrogens (primary N) is 1. The lowest BCUT2D eigenvalue weighted by molar-refractivity contribution is -0.141. The first-order valence-corrected chi connectivity index (χ1v) is 4.35. The molecule has 0 atom stereocenters. The molecule has 17 heavy (non-hydrogen) atoms. The number of aromatic nitrogens is 1. The van der Waals surface area contributed by atoms with E-state index < -0.39 is 36.1 Å². The Morgan fingerprint density at radius 2 is 2.00 bits per heavy atom. The molecule has 8 heteroatoms. The third-order valence-corrected chi connectivity index (χ3v) is 2.01. The lowest BCUT2D eigenvalue weighted by atomic mass is 10.1. The normalized spacial score (nSPS) is 11.9. The summed E-state index contributed by atoms with van der Waals surface area (Å²) >= 11 is 0. The molecule has 0 aliphatic heterocycles. The standard InChI is InChI=1S/C9H7F5N2O/c10-8(11)7-5(3-17)4(2-15)1-6(16-7)9(12,13)14/h1,3,8H,2,15H2. The number of aldehydes is 1. The van der Waals surface area contributed by atoms with Gasteiger partial charge in [-0.3, -0.25) is 4.79 Å². The molecule has 94 valence electrons. The van der Waals surface area contributed by atoms with Crippen molar-refractivity contribution in [2.24, 2.45) is 5.73 Å². The fraction of sp³-hybridized carbons (Fsp3) is 0.333. The van der Waals surface area contributed by atoms with Gasteiger partial charge in [0.25, 0.3) is 6.43 Å². The van der Waals surface area contributed by atoms with E-state index in [1.165, 1.54) is 0 Å². The number of rotatable bonds is 3. The number of carbonyl (C=O) groups is 1. The number of hydrogen-bond acceptors (Lipinski definition) is 3. The lowest BCUT2D eigenvalue weighted by Gasteiger charge is -2.12. The van der Waals surface area contributed by atoms with E-state index in [0.717, 1.165) is 0 Å². The average Bonchev–Trinajstić information content (AvgIpc) is 2.25. The highest BCUT2D eigenvalue weighted by molar-refractivity contribution is 5.79. The van der Waals surface area contributed by atoms with Crippen LogP contribution in [-0.4, -0.2) is 11.3 Å². The third-order valence-electron chi connectivity index (χ3n) is 2.01. The zero-order chi connectivity index (χ0) is 13.2. The van der Waals surface area contributed by atoms with E-state index in [1.54, 1.807) is 0 Å². The second-order valence-electron chi connectivity index (χ2n) is 3.09. The van der Waals surface area contributed by atoms with Gasteiger partial charge in [-0.2, -0.15) is 13.2 Å². The van der Waals surface area contributed by atoms with Gasteiger partial charge in [0, 0.05) is 12.1 Å². The van der Waals surface area contributed by atoms with Gasteiger partial charge in [0.05, 0.1) is 0 Å². The van der Waals surface area contributed by atoms with E-state index in [1.807, 2.05) is 0 Å². The Kier molecular flexibility index (Phi) is 3.76. The van der Waals surface area contributed by atoms with Crippen LogP contribution >= 0.6 is 0 Å². The summed E-state index contributed by atoms with van der Waals surface area (Å²) in [6.45, 7) is -0.459. The minimum absolute atomic E-state index is 0.0246. The summed E-state index contributed by atoms with van der Waals surface area (Å²) in [5, 5.41) is 0. The summed E-state index contributed by atoms with van der Waals surface area (Å²) < 4.78 is 62.0. The van der Waals surface area contributed by atoms with Crippen molar-refractivity contribution in [1.29, 1.82) is 0 Å². The van der Waals surface area contributed by atoms with Crippen LogP contribution in [0.2, 0.25) is 0 Å². The fourth-order valence-corrected chi connectivity index (χ4v) is 1.25. The Morgan fingerprint density at radius 3 is 2.35 bits per heavy atom. The van der Waals surface area contributed by atoms with Crippen molar-refractivity contribution in [1.82, 2.24) is 4.98 Å². The van der Waals surface area contributed by atoms with Crippen LogP contribution in [0.3, 0.4) is 0 Å². The fourth-order valence-electron chi connectivity index (χ4n) is 1.25. The van der Waals surface area contributed by atoms with Crippen LogP contribution in [0.5, 0.6) is 0 Å². The summed E-state index contributed by atoms with van der Waals surface area (Å²) in [7, 11) is 0. The molecule has 0 aliphatic carbocycles. The molecule has 0 amide bonds. The van der Waals surface area contributed by atoms with Crippen molar-refractivity contribution >= 4 is 6.29 Å². The maximum absolute atomic E-state index is 12.5. The Bertz CT molecular complexity index is 430. The minimum Gasteiger partial charge on any atom is -0.326 e. The predicted molar refractivity (Wildman–Crippen MR) is 47.5 cm³/mol. The van der Waals surface area contributed by atoms with E-state index in [2.05, 4.69) is 4.98 Å². The highest BCUT2D eigenvalue weighted by Gasteiger charge is 2.35. The van der Waals surface area contributed by atoms with Crippen LogP contribution in [0.25, 0.3) is 0 Å². The van der Waals surface area contributed by atoms with Crippen LogP contribution in [0.15, 0.2) is 6.07 Å². The smallest absolute Gasteiger partial charge is 0.326 e. The van der Waals surface area contributed by atoms with E-state index in [4.69, 9.17) is 5.73 Å². The summed E-state index contributed by atoms with van der Waals surface area (Å²) in [6, 6.07) is 0.496. The van der Waals surface area contributed by atoms with Gasteiger partial charge in [-0.05, 0) is 11.6 Å². The third kappa shape index (κ3) is 2.76. The molecule has 1 aromatic heterocycles. The number of pyridine rings is 1. The molecule has 0 unspecified atom stereocenters. The number of alkyl halides is 5. The zero-order valence-corrected chi connectivity index (χ0v) is 8.26. The molecule has 1 aromatic rings. The van der Waals surface area contributed by atoms with Crippen LogP contribution in [0.4, 0.5) is 22.0 Å². The lowest BCUT2D eigenvalue weighted by Crippen LogP contribution is -2.15. The highest BCUT2D eigenvalue weighted by atomic mass is 19.4. The topological polar surface area (TPSA) is 56.0 Å². The molecule has 0 radical (unpaired) electrons. The highest BCUT2D eigenvalue weighted by Crippen LogP contribution is 2.32. The van der Waals surface area contributed by atoms with Crippen LogP contribution in [-0.2, 0) is 12.7 Å². The second kappa shape index (κ2) is 4.74. The Hall–Kier alpha value is -1.57. The quantitative estimate of drug-likeness (QED) is 0.665. The molecule has 0 aliphatic rings. The predicted octanol–water partition coefficient (Wildman–Crippen LogP) is 2.31. The molecule has 0 fully saturated rings. The van der Waals surface area contributed by atoms with Crippen molar-refractivity contribution in [3.8, 4) is 0 Å². The van der Waals surface area contributed by atoms with Crippen LogP contribution in [0.1, 0.15) is 33.7 Å². The molecule has 1 heterocycles. The van der Waals surface area contributed by atoms with E-state index in [9.17, 15) is 26.7 Å². The van der Waals surface area contributed by atoms with Gasteiger partial charge in [0.15, 0.2) is 6.29 Å². The maximum Gasteiger partial charge on any atom is 0.433 e. The number of halogens is 5.